The third kappa shape index (κ3) is 3.47. The molecule has 3 atom stereocenters. The molecular weight excluding hydrogens is 258 g/mol. The molecule has 0 bridgehead atoms. The topological polar surface area (TPSA) is 26.0 Å². The fourth-order valence-corrected chi connectivity index (χ4v) is 2.81. The molecule has 1 saturated carbocycles. The van der Waals surface area contributed by atoms with E-state index < -0.39 is 18.1 Å². The predicted molar refractivity (Wildman–Crippen MR) is 64.8 cm³/mol. The summed E-state index contributed by atoms with van der Waals surface area (Å²) in [7, 11) is 0. The van der Waals surface area contributed by atoms with E-state index >= 15 is 0 Å². The SMILES string of the molecule is NC(c1ccc(F)cc1)C1CCCC(C(F)(F)F)C1. The lowest BCUT2D eigenvalue weighted by Gasteiger charge is -2.34. The summed E-state index contributed by atoms with van der Waals surface area (Å²) in [5.74, 6) is -1.81. The van der Waals surface area contributed by atoms with Crippen LogP contribution in [0.1, 0.15) is 37.3 Å². The normalized spacial score (nSPS) is 26.2. The Morgan fingerprint density at radius 3 is 2.32 bits per heavy atom. The van der Waals surface area contributed by atoms with Crippen LogP contribution in [0.4, 0.5) is 17.6 Å². The van der Waals surface area contributed by atoms with Crippen molar-refractivity contribution in [1.82, 2.24) is 0 Å². The molecule has 0 amide bonds. The molecule has 2 rings (SSSR count). The van der Waals surface area contributed by atoms with Gasteiger partial charge in [-0.1, -0.05) is 18.6 Å². The highest BCUT2D eigenvalue weighted by atomic mass is 19.4. The number of halogens is 4. The molecule has 3 unspecified atom stereocenters. The van der Waals surface area contributed by atoms with Crippen LogP contribution in [0.25, 0.3) is 0 Å². The van der Waals surface area contributed by atoms with Crippen molar-refractivity contribution in [2.75, 3.05) is 0 Å². The molecule has 0 spiro atoms. The zero-order chi connectivity index (χ0) is 14.0. The minimum Gasteiger partial charge on any atom is -0.324 e. The summed E-state index contributed by atoms with van der Waals surface area (Å²) < 4.78 is 51.1. The first-order valence-electron chi connectivity index (χ1n) is 6.45. The first-order chi connectivity index (χ1) is 8.88. The van der Waals surface area contributed by atoms with Gasteiger partial charge in [0.15, 0.2) is 0 Å². The van der Waals surface area contributed by atoms with E-state index in [1.807, 2.05) is 0 Å². The number of alkyl halides is 3. The molecule has 1 nitrogen and oxygen atoms in total. The summed E-state index contributed by atoms with van der Waals surface area (Å²) in [5.41, 5.74) is 6.74. The molecule has 1 aliphatic rings. The molecule has 0 radical (unpaired) electrons. The van der Waals surface area contributed by atoms with E-state index in [1.165, 1.54) is 12.1 Å². The monoisotopic (exact) mass is 275 g/mol. The van der Waals surface area contributed by atoms with E-state index in [4.69, 9.17) is 5.73 Å². The maximum absolute atomic E-state index is 12.8. The first-order valence-corrected chi connectivity index (χ1v) is 6.45. The standard InChI is InChI=1S/C14H17F4N/c15-12-6-4-9(5-7-12)13(19)10-2-1-3-11(8-10)14(16,17)18/h4-7,10-11,13H,1-3,8,19H2. The minimum absolute atomic E-state index is 0.0715. The lowest BCUT2D eigenvalue weighted by Crippen LogP contribution is -2.33. The largest absolute Gasteiger partial charge is 0.391 e. The van der Waals surface area contributed by atoms with Crippen molar-refractivity contribution < 1.29 is 17.6 Å². The summed E-state index contributed by atoms with van der Waals surface area (Å²) >= 11 is 0. The fourth-order valence-electron chi connectivity index (χ4n) is 2.81. The third-order valence-electron chi connectivity index (χ3n) is 3.94. The molecule has 0 saturated heterocycles. The molecule has 0 heterocycles. The van der Waals surface area contributed by atoms with Gasteiger partial charge in [0.2, 0.25) is 0 Å². The second-order valence-electron chi connectivity index (χ2n) is 5.24. The highest BCUT2D eigenvalue weighted by molar-refractivity contribution is 5.20. The summed E-state index contributed by atoms with van der Waals surface area (Å²) in [6, 6.07) is 5.23. The number of hydrogen-bond donors (Lipinski definition) is 1. The Morgan fingerprint density at radius 2 is 1.74 bits per heavy atom. The lowest BCUT2D eigenvalue weighted by atomic mass is 9.76. The molecule has 1 aromatic rings. The van der Waals surface area contributed by atoms with Crippen molar-refractivity contribution in [3.8, 4) is 0 Å². The van der Waals surface area contributed by atoms with Gasteiger partial charge in [0.05, 0.1) is 5.92 Å². The molecular formula is C14H17F4N. The Bertz CT molecular complexity index is 412. The van der Waals surface area contributed by atoms with Crippen molar-refractivity contribution in [3.05, 3.63) is 35.6 Å². The van der Waals surface area contributed by atoms with Gasteiger partial charge in [0.1, 0.15) is 5.82 Å². The van der Waals surface area contributed by atoms with Gasteiger partial charge in [-0.15, -0.1) is 0 Å². The van der Waals surface area contributed by atoms with Gasteiger partial charge < -0.3 is 5.73 Å². The zero-order valence-electron chi connectivity index (χ0n) is 10.5. The second-order valence-corrected chi connectivity index (χ2v) is 5.24. The Hall–Kier alpha value is -1.10. The smallest absolute Gasteiger partial charge is 0.324 e. The van der Waals surface area contributed by atoms with Gasteiger partial charge in [-0.25, -0.2) is 4.39 Å². The molecule has 0 aromatic heterocycles. The van der Waals surface area contributed by atoms with Gasteiger partial charge in [0, 0.05) is 6.04 Å². The molecule has 1 aliphatic carbocycles. The van der Waals surface area contributed by atoms with Crippen LogP contribution in [0.5, 0.6) is 0 Å². The molecule has 1 aromatic carbocycles. The van der Waals surface area contributed by atoms with Crippen molar-refractivity contribution in [2.24, 2.45) is 17.6 Å². The van der Waals surface area contributed by atoms with E-state index in [0.29, 0.717) is 18.4 Å². The summed E-state index contributed by atoms with van der Waals surface area (Å²) in [5, 5.41) is 0. The zero-order valence-corrected chi connectivity index (χ0v) is 10.5. The number of benzene rings is 1. The van der Waals surface area contributed by atoms with Crippen LogP contribution in [0, 0.1) is 17.7 Å². The molecule has 5 heteroatoms. The van der Waals surface area contributed by atoms with Crippen LogP contribution in [0.3, 0.4) is 0 Å². The summed E-state index contributed by atoms with van der Waals surface area (Å²) in [4.78, 5) is 0. The average molecular weight is 275 g/mol. The van der Waals surface area contributed by atoms with E-state index in [-0.39, 0.29) is 24.6 Å². The molecule has 2 N–H and O–H groups in total. The van der Waals surface area contributed by atoms with Gasteiger partial charge in [-0.05, 0) is 42.9 Å². The van der Waals surface area contributed by atoms with Crippen molar-refractivity contribution in [2.45, 2.75) is 37.9 Å². The van der Waals surface area contributed by atoms with Crippen LogP contribution in [0.2, 0.25) is 0 Å². The first kappa shape index (κ1) is 14.3. The fraction of sp³-hybridized carbons (Fsp3) is 0.571. The maximum Gasteiger partial charge on any atom is 0.391 e. The van der Waals surface area contributed by atoms with Crippen LogP contribution in [-0.2, 0) is 0 Å². The van der Waals surface area contributed by atoms with Crippen molar-refractivity contribution in [3.63, 3.8) is 0 Å². The van der Waals surface area contributed by atoms with E-state index in [0.717, 1.165) is 0 Å². The Kier molecular flexibility index (Phi) is 4.13. The summed E-state index contributed by atoms with van der Waals surface area (Å²) in [6.45, 7) is 0. The van der Waals surface area contributed by atoms with Gasteiger partial charge in [-0.3, -0.25) is 0 Å². The maximum atomic E-state index is 12.8. The van der Waals surface area contributed by atoms with Crippen molar-refractivity contribution in [1.29, 1.82) is 0 Å². The number of nitrogens with two attached hydrogens (primary N) is 1. The minimum atomic E-state index is -4.14. The average Bonchev–Trinajstić information content (AvgIpc) is 2.38. The van der Waals surface area contributed by atoms with Crippen LogP contribution in [0.15, 0.2) is 24.3 Å². The lowest BCUT2D eigenvalue weighted by molar-refractivity contribution is -0.186. The molecule has 106 valence electrons. The predicted octanol–water partition coefficient (Wildman–Crippen LogP) is 4.19. The van der Waals surface area contributed by atoms with E-state index in [1.54, 1.807) is 12.1 Å². The second kappa shape index (κ2) is 5.49. The molecule has 0 aliphatic heterocycles. The van der Waals surface area contributed by atoms with E-state index in [2.05, 4.69) is 0 Å². The van der Waals surface area contributed by atoms with Crippen molar-refractivity contribution >= 4 is 0 Å². The van der Waals surface area contributed by atoms with E-state index in [9.17, 15) is 17.6 Å². The molecule has 19 heavy (non-hydrogen) atoms. The van der Waals surface area contributed by atoms with Gasteiger partial charge in [0.25, 0.3) is 0 Å². The van der Waals surface area contributed by atoms with Crippen LogP contribution in [-0.4, -0.2) is 6.18 Å². The molecule has 1 fully saturated rings. The Labute approximate surface area is 109 Å². The number of rotatable bonds is 2. The highest BCUT2D eigenvalue weighted by Crippen LogP contribution is 2.43. The van der Waals surface area contributed by atoms with Gasteiger partial charge >= 0.3 is 6.18 Å². The van der Waals surface area contributed by atoms with Crippen LogP contribution < -0.4 is 5.73 Å². The van der Waals surface area contributed by atoms with Crippen LogP contribution >= 0.6 is 0 Å². The van der Waals surface area contributed by atoms with Gasteiger partial charge in [-0.2, -0.15) is 13.2 Å². The third-order valence-corrected chi connectivity index (χ3v) is 3.94. The summed E-state index contributed by atoms with van der Waals surface area (Å²) in [6.07, 6.45) is -2.63. The number of hydrogen-bond acceptors (Lipinski definition) is 1. The Balaban J connectivity index is 2.06. The highest BCUT2D eigenvalue weighted by Gasteiger charge is 2.43. The quantitative estimate of drug-likeness (QED) is 0.804. The Morgan fingerprint density at radius 1 is 1.11 bits per heavy atom.